The van der Waals surface area contributed by atoms with E-state index >= 15 is 0 Å². The van der Waals surface area contributed by atoms with Crippen LogP contribution in [0.1, 0.15) is 0 Å². The van der Waals surface area contributed by atoms with Crippen LogP contribution in [0.2, 0.25) is 0 Å². The van der Waals surface area contributed by atoms with E-state index < -0.39 is 0 Å². The van der Waals surface area contributed by atoms with Crippen molar-refractivity contribution in [2.75, 3.05) is 25.1 Å². The van der Waals surface area contributed by atoms with Crippen molar-refractivity contribution in [3.63, 3.8) is 0 Å². The summed E-state index contributed by atoms with van der Waals surface area (Å²) in [6.45, 7) is 1.31. The SMILES string of the molecule is CN(C[C@H]1COC(N)=N1)c1ccc(-c2cnco2)cc1. The smallest absolute Gasteiger partial charge is 0.282 e. The number of anilines is 1. The highest BCUT2D eigenvalue weighted by Crippen LogP contribution is 2.22. The molecule has 0 radical (unpaired) electrons. The fourth-order valence-corrected chi connectivity index (χ4v) is 2.19. The van der Waals surface area contributed by atoms with Gasteiger partial charge in [-0.05, 0) is 24.3 Å². The molecule has 0 fully saturated rings. The second-order valence-electron chi connectivity index (χ2n) is 4.73. The van der Waals surface area contributed by atoms with Gasteiger partial charge >= 0.3 is 0 Å². The number of rotatable bonds is 4. The van der Waals surface area contributed by atoms with Gasteiger partial charge in [0.2, 0.25) is 0 Å². The molecule has 0 unspecified atom stereocenters. The predicted molar refractivity (Wildman–Crippen MR) is 76.6 cm³/mol. The first-order chi connectivity index (χ1) is 9.72. The molecule has 1 aromatic heterocycles. The molecule has 2 aromatic rings. The van der Waals surface area contributed by atoms with Gasteiger partial charge in [0.05, 0.1) is 6.20 Å². The molecule has 2 N–H and O–H groups in total. The number of nitrogens with two attached hydrogens (primary N) is 1. The Balaban J connectivity index is 1.68. The first-order valence-corrected chi connectivity index (χ1v) is 6.38. The zero-order chi connectivity index (χ0) is 13.9. The standard InChI is InChI=1S/C14H16N4O2/c1-18(7-11-8-19-14(15)17-11)12-4-2-10(3-5-12)13-6-16-9-20-13/h2-6,9,11H,7-8H2,1H3,(H2,15,17)/t11-/m0/s1. The molecule has 1 aromatic carbocycles. The Bertz CT molecular complexity index is 592. The van der Waals surface area contributed by atoms with E-state index in [9.17, 15) is 0 Å². The van der Waals surface area contributed by atoms with E-state index in [2.05, 4.69) is 14.9 Å². The van der Waals surface area contributed by atoms with Crippen LogP contribution in [0, 0.1) is 0 Å². The van der Waals surface area contributed by atoms with Crippen molar-refractivity contribution in [3.8, 4) is 11.3 Å². The maximum Gasteiger partial charge on any atom is 0.282 e. The van der Waals surface area contributed by atoms with E-state index in [0.29, 0.717) is 6.61 Å². The number of ether oxygens (including phenoxy) is 1. The van der Waals surface area contributed by atoms with Gasteiger partial charge < -0.3 is 19.8 Å². The summed E-state index contributed by atoms with van der Waals surface area (Å²) in [6.07, 6.45) is 3.13. The molecule has 0 spiro atoms. The van der Waals surface area contributed by atoms with Gasteiger partial charge in [0.25, 0.3) is 6.02 Å². The number of likely N-dealkylation sites (N-methyl/N-ethyl adjacent to an activating group) is 1. The van der Waals surface area contributed by atoms with Crippen molar-refractivity contribution in [1.29, 1.82) is 0 Å². The van der Waals surface area contributed by atoms with Crippen LogP contribution in [0.5, 0.6) is 0 Å². The molecule has 0 aliphatic carbocycles. The fraction of sp³-hybridized carbons (Fsp3) is 0.286. The van der Waals surface area contributed by atoms with Gasteiger partial charge in [-0.3, -0.25) is 0 Å². The highest BCUT2D eigenvalue weighted by Gasteiger charge is 2.18. The quantitative estimate of drug-likeness (QED) is 0.912. The van der Waals surface area contributed by atoms with Gasteiger partial charge in [-0.15, -0.1) is 0 Å². The topological polar surface area (TPSA) is 76.9 Å². The van der Waals surface area contributed by atoms with Crippen molar-refractivity contribution in [3.05, 3.63) is 36.9 Å². The molecule has 0 saturated carbocycles. The largest absolute Gasteiger partial charge is 0.463 e. The van der Waals surface area contributed by atoms with Gasteiger partial charge in [-0.2, -0.15) is 0 Å². The molecule has 20 heavy (non-hydrogen) atoms. The molecular weight excluding hydrogens is 256 g/mol. The van der Waals surface area contributed by atoms with Crippen LogP contribution in [-0.4, -0.2) is 37.2 Å². The minimum absolute atomic E-state index is 0.0916. The highest BCUT2D eigenvalue weighted by molar-refractivity contribution is 5.73. The molecule has 0 amide bonds. The molecular formula is C14H16N4O2. The summed E-state index contributed by atoms with van der Waals surface area (Å²) in [5.74, 6) is 0.765. The predicted octanol–water partition coefficient (Wildman–Crippen LogP) is 1.49. The molecule has 0 bridgehead atoms. The number of benzene rings is 1. The summed E-state index contributed by atoms with van der Waals surface area (Å²) in [7, 11) is 2.02. The lowest BCUT2D eigenvalue weighted by atomic mass is 10.1. The molecule has 1 atom stereocenters. The number of hydrogen-bond acceptors (Lipinski definition) is 6. The van der Waals surface area contributed by atoms with Crippen molar-refractivity contribution in [2.24, 2.45) is 10.7 Å². The van der Waals surface area contributed by atoms with Crippen LogP contribution in [0.4, 0.5) is 5.69 Å². The Labute approximate surface area is 116 Å². The maximum atomic E-state index is 5.51. The molecule has 1 aliphatic heterocycles. The van der Waals surface area contributed by atoms with Crippen LogP contribution in [0.3, 0.4) is 0 Å². The minimum Gasteiger partial charge on any atom is -0.463 e. The Morgan fingerprint density at radius 1 is 1.35 bits per heavy atom. The van der Waals surface area contributed by atoms with Crippen molar-refractivity contribution >= 4 is 11.7 Å². The third-order valence-corrected chi connectivity index (χ3v) is 3.24. The third kappa shape index (κ3) is 2.59. The molecule has 2 heterocycles. The number of nitrogens with zero attached hydrogens (tertiary/aromatic N) is 3. The second-order valence-corrected chi connectivity index (χ2v) is 4.73. The summed E-state index contributed by atoms with van der Waals surface area (Å²) < 4.78 is 10.4. The summed E-state index contributed by atoms with van der Waals surface area (Å²) in [6, 6.07) is 8.48. The Hall–Kier alpha value is -2.50. The van der Waals surface area contributed by atoms with Crippen LogP contribution in [-0.2, 0) is 4.74 Å². The zero-order valence-corrected chi connectivity index (χ0v) is 11.2. The van der Waals surface area contributed by atoms with Crippen LogP contribution < -0.4 is 10.6 Å². The van der Waals surface area contributed by atoms with Gasteiger partial charge in [0.15, 0.2) is 12.2 Å². The molecule has 104 valence electrons. The van der Waals surface area contributed by atoms with Crippen molar-refractivity contribution in [2.45, 2.75) is 6.04 Å². The number of amidine groups is 1. The molecule has 6 heteroatoms. The normalized spacial score (nSPS) is 17.6. The van der Waals surface area contributed by atoms with E-state index in [0.717, 1.165) is 23.6 Å². The lowest BCUT2D eigenvalue weighted by Crippen LogP contribution is -2.28. The number of oxazole rings is 1. The van der Waals surface area contributed by atoms with Crippen molar-refractivity contribution < 1.29 is 9.15 Å². The molecule has 3 rings (SSSR count). The first kappa shape index (κ1) is 12.5. The highest BCUT2D eigenvalue weighted by atomic mass is 16.5. The lowest BCUT2D eigenvalue weighted by molar-refractivity contribution is 0.314. The Kier molecular flexibility index (Phi) is 3.28. The Morgan fingerprint density at radius 2 is 2.15 bits per heavy atom. The third-order valence-electron chi connectivity index (χ3n) is 3.24. The van der Waals surface area contributed by atoms with E-state index in [4.69, 9.17) is 14.9 Å². The zero-order valence-electron chi connectivity index (χ0n) is 11.2. The second kappa shape index (κ2) is 5.24. The van der Waals surface area contributed by atoms with E-state index in [1.165, 1.54) is 6.39 Å². The molecule has 0 saturated heterocycles. The number of aromatic nitrogens is 1. The van der Waals surface area contributed by atoms with Gasteiger partial charge in [0.1, 0.15) is 12.6 Å². The van der Waals surface area contributed by atoms with Crippen LogP contribution in [0.25, 0.3) is 11.3 Å². The van der Waals surface area contributed by atoms with Crippen molar-refractivity contribution in [1.82, 2.24) is 4.98 Å². The van der Waals surface area contributed by atoms with Gasteiger partial charge in [0, 0.05) is 24.8 Å². The van der Waals surface area contributed by atoms with Gasteiger partial charge in [-0.25, -0.2) is 9.98 Å². The maximum absolute atomic E-state index is 5.51. The monoisotopic (exact) mass is 272 g/mol. The van der Waals surface area contributed by atoms with Gasteiger partial charge in [-0.1, -0.05) is 0 Å². The van der Waals surface area contributed by atoms with E-state index in [1.807, 2.05) is 31.3 Å². The molecule has 1 aliphatic rings. The molecule has 6 nitrogen and oxygen atoms in total. The summed E-state index contributed by atoms with van der Waals surface area (Å²) in [4.78, 5) is 10.3. The number of hydrogen-bond donors (Lipinski definition) is 1. The summed E-state index contributed by atoms with van der Waals surface area (Å²) in [5, 5.41) is 0. The van der Waals surface area contributed by atoms with Crippen LogP contribution >= 0.6 is 0 Å². The van der Waals surface area contributed by atoms with E-state index in [1.54, 1.807) is 6.20 Å². The summed E-state index contributed by atoms with van der Waals surface area (Å²) in [5.41, 5.74) is 7.62. The minimum atomic E-state index is 0.0916. The Morgan fingerprint density at radius 3 is 2.75 bits per heavy atom. The fourth-order valence-electron chi connectivity index (χ4n) is 2.19. The number of aliphatic imine (C=N–C) groups is 1. The average Bonchev–Trinajstić information content (AvgIpc) is 3.11. The summed E-state index contributed by atoms with van der Waals surface area (Å²) >= 11 is 0. The first-order valence-electron chi connectivity index (χ1n) is 6.38. The lowest BCUT2D eigenvalue weighted by Gasteiger charge is -2.21. The average molecular weight is 272 g/mol. The van der Waals surface area contributed by atoms with Crippen LogP contribution in [0.15, 0.2) is 46.3 Å². The van der Waals surface area contributed by atoms with E-state index in [-0.39, 0.29) is 12.1 Å².